The second kappa shape index (κ2) is 7.16. The van der Waals surface area contributed by atoms with Crippen LogP contribution in [0, 0.1) is 5.92 Å². The Morgan fingerprint density at radius 1 is 1.00 bits per heavy atom. The minimum Gasteiger partial charge on any atom is -0.338 e. The molecular formula is C22H28N2O2S. The Bertz CT molecular complexity index is 706. The first-order chi connectivity index (χ1) is 13.2. The maximum absolute atomic E-state index is 12.9. The van der Waals surface area contributed by atoms with E-state index in [9.17, 15) is 9.59 Å². The number of thioether (sulfide) groups is 1. The van der Waals surface area contributed by atoms with Gasteiger partial charge in [-0.25, -0.2) is 0 Å². The number of hydrogen-bond donors (Lipinski definition) is 0. The van der Waals surface area contributed by atoms with Gasteiger partial charge in [-0.15, -0.1) is 11.8 Å². The Balaban J connectivity index is 1.13. The number of hydrogen-bond acceptors (Lipinski definition) is 3. The molecule has 5 aliphatic rings. The van der Waals surface area contributed by atoms with Crippen molar-refractivity contribution in [3.05, 3.63) is 35.9 Å². The topological polar surface area (TPSA) is 40.6 Å². The van der Waals surface area contributed by atoms with Crippen LogP contribution in [0.1, 0.15) is 50.0 Å². The Kier molecular flexibility index (Phi) is 4.66. The second-order valence-electron chi connectivity index (χ2n) is 8.66. The van der Waals surface area contributed by atoms with Crippen LogP contribution in [-0.4, -0.2) is 57.8 Å². The van der Waals surface area contributed by atoms with Crippen LogP contribution in [0.4, 0.5) is 0 Å². The lowest BCUT2D eigenvalue weighted by Gasteiger charge is -2.56. The van der Waals surface area contributed by atoms with E-state index in [1.165, 1.54) is 31.2 Å². The van der Waals surface area contributed by atoms with Gasteiger partial charge in [0.05, 0.1) is 17.8 Å². The molecule has 5 fully saturated rings. The van der Waals surface area contributed by atoms with E-state index in [-0.39, 0.29) is 18.0 Å². The zero-order chi connectivity index (χ0) is 18.4. The van der Waals surface area contributed by atoms with Gasteiger partial charge in [-0.05, 0) is 37.2 Å². The van der Waals surface area contributed by atoms with Gasteiger partial charge in [-0.1, -0.05) is 43.2 Å². The quantitative estimate of drug-likeness (QED) is 0.782. The van der Waals surface area contributed by atoms with E-state index in [4.69, 9.17) is 0 Å². The number of amides is 2. The molecule has 0 spiro atoms. The number of piperidine rings is 1. The molecule has 1 aromatic carbocycles. The highest BCUT2D eigenvalue weighted by Gasteiger charge is 2.52. The molecule has 2 saturated carbocycles. The summed E-state index contributed by atoms with van der Waals surface area (Å²) in [6.07, 6.45) is 7.26. The Labute approximate surface area is 165 Å². The maximum atomic E-state index is 12.9. The predicted octanol–water partition coefficient (Wildman–Crippen LogP) is 3.28. The SMILES string of the molecule is O=C([C@H]1C[C@@H]1c1ccccc1)N1CC2CC(C1)N2C(=O)CSC1CCCC1. The monoisotopic (exact) mass is 384 g/mol. The highest BCUT2D eigenvalue weighted by atomic mass is 32.2. The molecular weight excluding hydrogens is 356 g/mol. The number of rotatable bonds is 5. The van der Waals surface area contributed by atoms with Crippen LogP contribution in [0.3, 0.4) is 0 Å². The summed E-state index contributed by atoms with van der Waals surface area (Å²) in [7, 11) is 0. The molecule has 5 heteroatoms. The van der Waals surface area contributed by atoms with Gasteiger partial charge in [0.2, 0.25) is 11.8 Å². The number of piperazine rings is 1. The largest absolute Gasteiger partial charge is 0.338 e. The number of carbonyl (C=O) groups is 2. The predicted molar refractivity (Wildman–Crippen MR) is 108 cm³/mol. The molecule has 2 bridgehead atoms. The van der Waals surface area contributed by atoms with Gasteiger partial charge >= 0.3 is 0 Å². The third kappa shape index (κ3) is 3.39. The molecule has 144 valence electrons. The van der Waals surface area contributed by atoms with Crippen molar-refractivity contribution in [2.45, 2.75) is 61.8 Å². The lowest BCUT2D eigenvalue weighted by molar-refractivity contribution is -0.159. The van der Waals surface area contributed by atoms with Crippen LogP contribution in [0.15, 0.2) is 30.3 Å². The van der Waals surface area contributed by atoms with Gasteiger partial charge in [0.1, 0.15) is 0 Å². The first-order valence-corrected chi connectivity index (χ1v) is 11.5. The molecule has 2 aliphatic carbocycles. The fraction of sp³-hybridized carbons (Fsp3) is 0.636. The average Bonchev–Trinajstić information content (AvgIpc) is 3.33. The van der Waals surface area contributed by atoms with Crippen LogP contribution in [0.25, 0.3) is 0 Å². The summed E-state index contributed by atoms with van der Waals surface area (Å²) in [6, 6.07) is 10.9. The summed E-state index contributed by atoms with van der Waals surface area (Å²) in [5.74, 6) is 1.80. The molecule has 3 aliphatic heterocycles. The van der Waals surface area contributed by atoms with Crippen molar-refractivity contribution in [2.75, 3.05) is 18.8 Å². The van der Waals surface area contributed by atoms with Crippen LogP contribution >= 0.6 is 11.8 Å². The molecule has 3 saturated heterocycles. The fourth-order valence-corrected chi connectivity index (χ4v) is 6.48. The van der Waals surface area contributed by atoms with Crippen molar-refractivity contribution in [2.24, 2.45) is 5.92 Å². The van der Waals surface area contributed by atoms with Gasteiger partial charge in [0.25, 0.3) is 0 Å². The average molecular weight is 385 g/mol. The molecule has 2 amide bonds. The van der Waals surface area contributed by atoms with Gasteiger partial charge in [-0.2, -0.15) is 0 Å². The summed E-state index contributed by atoms with van der Waals surface area (Å²) in [6.45, 7) is 1.49. The van der Waals surface area contributed by atoms with E-state index in [0.717, 1.165) is 25.9 Å². The highest BCUT2D eigenvalue weighted by molar-refractivity contribution is 8.00. The Morgan fingerprint density at radius 3 is 2.41 bits per heavy atom. The van der Waals surface area contributed by atoms with E-state index in [1.807, 2.05) is 22.7 Å². The van der Waals surface area contributed by atoms with Crippen LogP contribution in [0.5, 0.6) is 0 Å². The number of fused-ring (bicyclic) bond motifs is 2. The van der Waals surface area contributed by atoms with E-state index in [1.54, 1.807) is 0 Å². The van der Waals surface area contributed by atoms with Crippen molar-refractivity contribution in [1.29, 1.82) is 0 Å². The molecule has 0 aromatic heterocycles. The van der Waals surface area contributed by atoms with E-state index < -0.39 is 0 Å². The summed E-state index contributed by atoms with van der Waals surface area (Å²) in [5, 5.41) is 0.693. The Hall–Kier alpha value is -1.49. The lowest BCUT2D eigenvalue weighted by atomic mass is 9.87. The van der Waals surface area contributed by atoms with Crippen LogP contribution < -0.4 is 0 Å². The third-order valence-corrected chi connectivity index (χ3v) is 8.23. The summed E-state index contributed by atoms with van der Waals surface area (Å²) in [5.41, 5.74) is 1.29. The first-order valence-electron chi connectivity index (χ1n) is 10.5. The summed E-state index contributed by atoms with van der Waals surface area (Å²) >= 11 is 1.86. The number of carbonyl (C=O) groups excluding carboxylic acids is 2. The van der Waals surface area contributed by atoms with Crippen LogP contribution in [0.2, 0.25) is 0 Å². The van der Waals surface area contributed by atoms with E-state index in [2.05, 4.69) is 29.2 Å². The summed E-state index contributed by atoms with van der Waals surface area (Å²) in [4.78, 5) is 29.7. The van der Waals surface area contributed by atoms with Crippen LogP contribution in [-0.2, 0) is 9.59 Å². The van der Waals surface area contributed by atoms with Crippen molar-refractivity contribution in [3.8, 4) is 0 Å². The molecule has 4 atom stereocenters. The van der Waals surface area contributed by atoms with Gasteiger partial charge in [0, 0.05) is 24.3 Å². The van der Waals surface area contributed by atoms with Gasteiger partial charge in [-0.3, -0.25) is 9.59 Å². The fourth-order valence-electron chi connectivity index (χ4n) is 5.29. The van der Waals surface area contributed by atoms with Crippen molar-refractivity contribution in [3.63, 3.8) is 0 Å². The maximum Gasteiger partial charge on any atom is 0.233 e. The molecule has 0 N–H and O–H groups in total. The lowest BCUT2D eigenvalue weighted by Crippen LogP contribution is -2.71. The van der Waals surface area contributed by atoms with Crippen molar-refractivity contribution >= 4 is 23.6 Å². The van der Waals surface area contributed by atoms with E-state index in [0.29, 0.717) is 28.7 Å². The van der Waals surface area contributed by atoms with E-state index >= 15 is 0 Å². The normalized spacial score (nSPS) is 32.3. The molecule has 3 heterocycles. The second-order valence-corrected chi connectivity index (χ2v) is 9.95. The zero-order valence-electron chi connectivity index (χ0n) is 15.8. The first kappa shape index (κ1) is 17.6. The summed E-state index contributed by atoms with van der Waals surface area (Å²) < 4.78 is 0. The minimum absolute atomic E-state index is 0.159. The molecule has 27 heavy (non-hydrogen) atoms. The molecule has 6 rings (SSSR count). The number of benzene rings is 1. The third-order valence-electron chi connectivity index (χ3n) is 6.87. The minimum atomic E-state index is 0.159. The van der Waals surface area contributed by atoms with Crippen molar-refractivity contribution < 1.29 is 9.59 Å². The number of nitrogens with zero attached hydrogens (tertiary/aromatic N) is 2. The van der Waals surface area contributed by atoms with Gasteiger partial charge < -0.3 is 9.80 Å². The molecule has 1 aromatic rings. The zero-order valence-corrected chi connectivity index (χ0v) is 16.6. The molecule has 2 unspecified atom stereocenters. The highest BCUT2D eigenvalue weighted by Crippen LogP contribution is 2.49. The Morgan fingerprint density at radius 2 is 1.70 bits per heavy atom. The molecule has 0 radical (unpaired) electrons. The van der Waals surface area contributed by atoms with Crippen molar-refractivity contribution in [1.82, 2.24) is 9.80 Å². The van der Waals surface area contributed by atoms with Gasteiger partial charge in [0.15, 0.2) is 0 Å². The molecule has 4 nitrogen and oxygen atoms in total. The smallest absolute Gasteiger partial charge is 0.233 e. The standard InChI is InChI=1S/C22H28N2O2S/c25-21(14-27-18-8-4-5-9-18)24-16-10-17(24)13-23(12-16)22(26)20-11-19(20)15-6-2-1-3-7-15/h1-3,6-7,16-20H,4-5,8-14H2/t16?,17?,19-,20+/m1/s1.